The summed E-state index contributed by atoms with van der Waals surface area (Å²) in [7, 11) is 0. The van der Waals surface area contributed by atoms with Crippen LogP contribution >= 0.6 is 0 Å². The zero-order chi connectivity index (χ0) is 13.8. The molecule has 1 aromatic heterocycles. The number of carboxylic acids is 1. The van der Waals surface area contributed by atoms with Gasteiger partial charge >= 0.3 is 5.97 Å². The molecule has 0 aromatic carbocycles. The van der Waals surface area contributed by atoms with Crippen LogP contribution in [0.1, 0.15) is 36.6 Å². The van der Waals surface area contributed by atoms with Crippen molar-refractivity contribution in [3.05, 3.63) is 22.9 Å². The van der Waals surface area contributed by atoms with Crippen molar-refractivity contribution in [2.75, 3.05) is 11.9 Å². The summed E-state index contributed by atoms with van der Waals surface area (Å²) in [6, 6.07) is 4.05. The second kappa shape index (κ2) is 5.70. The molecule has 1 aliphatic carbocycles. The highest BCUT2D eigenvalue weighted by atomic mass is 16.4. The molecule has 100 valence electrons. The van der Waals surface area contributed by atoms with E-state index in [1.807, 2.05) is 13.0 Å². The minimum atomic E-state index is -0.809. The molecule has 5 heteroatoms. The number of nitriles is 1. The third-order valence-corrected chi connectivity index (χ3v) is 3.31. The maximum absolute atomic E-state index is 10.6. The van der Waals surface area contributed by atoms with Gasteiger partial charge in [-0.3, -0.25) is 4.79 Å². The number of nitrogens with zero attached hydrogens (tertiary/aromatic N) is 2. The fourth-order valence-electron chi connectivity index (χ4n) is 2.33. The van der Waals surface area contributed by atoms with Crippen molar-refractivity contribution in [2.24, 2.45) is 5.92 Å². The molecular weight excluding hydrogens is 242 g/mol. The zero-order valence-electron chi connectivity index (χ0n) is 10.9. The van der Waals surface area contributed by atoms with Crippen molar-refractivity contribution in [1.82, 2.24) is 4.98 Å². The van der Waals surface area contributed by atoms with Crippen LogP contribution in [0.5, 0.6) is 0 Å². The van der Waals surface area contributed by atoms with E-state index in [4.69, 9.17) is 10.4 Å². The van der Waals surface area contributed by atoms with Gasteiger partial charge in [0, 0.05) is 18.7 Å². The summed E-state index contributed by atoms with van der Waals surface area (Å²) in [5, 5.41) is 21.0. The molecule has 0 bridgehead atoms. The number of fused-ring (bicyclic) bond motifs is 1. The van der Waals surface area contributed by atoms with E-state index in [-0.39, 0.29) is 12.3 Å². The number of pyridine rings is 1. The van der Waals surface area contributed by atoms with Crippen molar-refractivity contribution in [1.29, 1.82) is 5.26 Å². The Morgan fingerprint density at radius 1 is 1.63 bits per heavy atom. The maximum Gasteiger partial charge on any atom is 0.303 e. The molecule has 1 heterocycles. The summed E-state index contributed by atoms with van der Waals surface area (Å²) in [6.07, 6.45) is 3.15. The number of aryl methyl sites for hydroxylation is 2. The summed E-state index contributed by atoms with van der Waals surface area (Å²) in [5.41, 5.74) is 2.77. The van der Waals surface area contributed by atoms with Crippen LogP contribution in [0.4, 0.5) is 5.82 Å². The lowest BCUT2D eigenvalue weighted by molar-refractivity contribution is -0.137. The first-order valence-electron chi connectivity index (χ1n) is 6.48. The molecule has 0 fully saturated rings. The van der Waals surface area contributed by atoms with Gasteiger partial charge in [0.2, 0.25) is 0 Å². The summed E-state index contributed by atoms with van der Waals surface area (Å²) < 4.78 is 0. The predicted molar refractivity (Wildman–Crippen MR) is 70.9 cm³/mol. The number of hydrogen-bond acceptors (Lipinski definition) is 4. The Hall–Kier alpha value is -2.09. The second-order valence-electron chi connectivity index (χ2n) is 5.04. The molecule has 0 saturated heterocycles. The Balaban J connectivity index is 2.08. The second-order valence-corrected chi connectivity index (χ2v) is 5.04. The summed E-state index contributed by atoms with van der Waals surface area (Å²) in [6.45, 7) is 2.37. The molecule has 1 aromatic rings. The van der Waals surface area contributed by atoms with Crippen molar-refractivity contribution < 1.29 is 9.90 Å². The number of aromatic nitrogens is 1. The van der Waals surface area contributed by atoms with E-state index in [0.29, 0.717) is 17.9 Å². The lowest BCUT2D eigenvalue weighted by Crippen LogP contribution is -2.16. The minimum absolute atomic E-state index is 0.000836. The number of carboxylic acid groups (broad SMARTS) is 1. The van der Waals surface area contributed by atoms with Gasteiger partial charge < -0.3 is 10.4 Å². The normalized spacial score (nSPS) is 14.5. The first-order valence-corrected chi connectivity index (χ1v) is 6.48. The van der Waals surface area contributed by atoms with E-state index in [9.17, 15) is 4.79 Å². The summed E-state index contributed by atoms with van der Waals surface area (Å²) in [4.78, 5) is 15.1. The first kappa shape index (κ1) is 13.3. The van der Waals surface area contributed by atoms with E-state index in [1.54, 1.807) is 0 Å². The van der Waals surface area contributed by atoms with Gasteiger partial charge in [0.25, 0.3) is 0 Å². The highest BCUT2D eigenvalue weighted by Gasteiger charge is 2.17. The van der Waals surface area contributed by atoms with Crippen LogP contribution in [-0.2, 0) is 17.6 Å². The Morgan fingerprint density at radius 2 is 2.42 bits per heavy atom. The van der Waals surface area contributed by atoms with Crippen molar-refractivity contribution in [3.8, 4) is 6.07 Å². The molecule has 1 aliphatic rings. The fourth-order valence-corrected chi connectivity index (χ4v) is 2.33. The SMILES string of the molecule is CC(CNc1nc2c(cc1C#N)CCC2)CC(=O)O. The highest BCUT2D eigenvalue weighted by molar-refractivity contribution is 5.67. The molecule has 0 saturated carbocycles. The van der Waals surface area contributed by atoms with Gasteiger partial charge in [-0.2, -0.15) is 5.26 Å². The molecule has 1 unspecified atom stereocenters. The molecule has 2 rings (SSSR count). The van der Waals surface area contributed by atoms with Crippen LogP contribution in [0.15, 0.2) is 6.07 Å². The lowest BCUT2D eigenvalue weighted by Gasteiger charge is -2.13. The molecule has 1 atom stereocenters. The van der Waals surface area contributed by atoms with Gasteiger partial charge in [-0.1, -0.05) is 6.92 Å². The Labute approximate surface area is 112 Å². The molecule has 0 spiro atoms. The van der Waals surface area contributed by atoms with E-state index < -0.39 is 5.97 Å². The molecule has 2 N–H and O–H groups in total. The summed E-state index contributed by atoms with van der Waals surface area (Å²) in [5.74, 6) is -0.226. The number of hydrogen-bond donors (Lipinski definition) is 2. The van der Waals surface area contributed by atoms with Gasteiger partial charge in [-0.05, 0) is 36.8 Å². The van der Waals surface area contributed by atoms with Gasteiger partial charge in [0.1, 0.15) is 11.9 Å². The van der Waals surface area contributed by atoms with Gasteiger partial charge in [0.15, 0.2) is 0 Å². The standard InChI is InChI=1S/C14H17N3O2/c1-9(5-13(18)19)8-16-14-11(7-15)6-10-3-2-4-12(10)17-14/h6,9H,2-5,8H2,1H3,(H,16,17)(H,18,19). The topological polar surface area (TPSA) is 86.0 Å². The largest absolute Gasteiger partial charge is 0.481 e. The maximum atomic E-state index is 10.6. The third-order valence-electron chi connectivity index (χ3n) is 3.31. The molecule has 0 amide bonds. The first-order chi connectivity index (χ1) is 9.10. The van der Waals surface area contributed by atoms with Crippen LogP contribution < -0.4 is 5.32 Å². The molecule has 0 radical (unpaired) electrons. The number of anilines is 1. The Morgan fingerprint density at radius 3 is 3.11 bits per heavy atom. The van der Waals surface area contributed by atoms with Crippen LogP contribution in [0.25, 0.3) is 0 Å². The highest BCUT2D eigenvalue weighted by Crippen LogP contribution is 2.25. The number of nitrogens with one attached hydrogen (secondary N) is 1. The van der Waals surface area contributed by atoms with Gasteiger partial charge in [-0.15, -0.1) is 0 Å². The molecule has 5 nitrogen and oxygen atoms in total. The molecule has 0 aliphatic heterocycles. The van der Waals surface area contributed by atoms with Crippen molar-refractivity contribution in [2.45, 2.75) is 32.6 Å². The number of aliphatic carboxylic acids is 1. The molecule has 19 heavy (non-hydrogen) atoms. The van der Waals surface area contributed by atoms with Crippen LogP contribution in [0, 0.1) is 17.2 Å². The van der Waals surface area contributed by atoms with E-state index in [2.05, 4.69) is 16.4 Å². The minimum Gasteiger partial charge on any atom is -0.481 e. The van der Waals surface area contributed by atoms with E-state index >= 15 is 0 Å². The Bertz CT molecular complexity index is 534. The number of carbonyl (C=O) groups is 1. The van der Waals surface area contributed by atoms with Gasteiger partial charge in [-0.25, -0.2) is 4.98 Å². The monoisotopic (exact) mass is 259 g/mol. The third kappa shape index (κ3) is 3.22. The molecular formula is C14H17N3O2. The quantitative estimate of drug-likeness (QED) is 0.844. The average Bonchev–Trinajstić information content (AvgIpc) is 2.81. The van der Waals surface area contributed by atoms with Crippen molar-refractivity contribution in [3.63, 3.8) is 0 Å². The van der Waals surface area contributed by atoms with Crippen LogP contribution in [0.3, 0.4) is 0 Å². The Kier molecular flexibility index (Phi) is 4.00. The van der Waals surface area contributed by atoms with Crippen molar-refractivity contribution >= 4 is 11.8 Å². The zero-order valence-corrected chi connectivity index (χ0v) is 10.9. The van der Waals surface area contributed by atoms with E-state index in [1.165, 1.54) is 5.56 Å². The van der Waals surface area contributed by atoms with E-state index in [0.717, 1.165) is 25.0 Å². The average molecular weight is 259 g/mol. The lowest BCUT2D eigenvalue weighted by atomic mass is 10.1. The van der Waals surface area contributed by atoms with Crippen LogP contribution in [0.2, 0.25) is 0 Å². The van der Waals surface area contributed by atoms with Gasteiger partial charge in [0.05, 0.1) is 5.56 Å². The number of rotatable bonds is 5. The summed E-state index contributed by atoms with van der Waals surface area (Å²) >= 11 is 0. The fraction of sp³-hybridized carbons (Fsp3) is 0.500. The van der Waals surface area contributed by atoms with Crippen LogP contribution in [-0.4, -0.2) is 22.6 Å². The predicted octanol–water partition coefficient (Wildman–Crippen LogP) is 1.96. The smallest absolute Gasteiger partial charge is 0.303 e.